The van der Waals surface area contributed by atoms with Gasteiger partial charge in [-0.2, -0.15) is 0 Å². The zero-order chi connectivity index (χ0) is 13.0. The normalized spacial score (nSPS) is 14.6. The number of carbonyl (C=O) groups excluding carboxylic acids is 1. The molecule has 0 aliphatic heterocycles. The highest BCUT2D eigenvalue weighted by molar-refractivity contribution is 5.89. The number of carbonyl (C=O) groups is 1. The summed E-state index contributed by atoms with van der Waals surface area (Å²) in [5, 5.41) is 9.06. The number of urea groups is 1. The van der Waals surface area contributed by atoms with Crippen molar-refractivity contribution in [2.75, 3.05) is 5.32 Å². The Morgan fingerprint density at radius 3 is 2.50 bits per heavy atom. The Kier molecular flexibility index (Phi) is 4.20. The molecule has 0 bridgehead atoms. The standard InChI is InChI=1S/C14H21N3O/c1-10(2)16-14(18)17-13-5-3-11(4-6-13)9-15-12-7-8-12/h3-6,10,12,15H,7-9H2,1-2H3,(H2,16,17,18). The first-order valence-electron chi connectivity index (χ1n) is 6.53. The van der Waals surface area contributed by atoms with E-state index in [1.165, 1.54) is 18.4 Å². The number of rotatable bonds is 5. The van der Waals surface area contributed by atoms with Crippen molar-refractivity contribution in [2.45, 2.75) is 45.3 Å². The van der Waals surface area contributed by atoms with Gasteiger partial charge in [-0.3, -0.25) is 0 Å². The van der Waals surface area contributed by atoms with Crippen LogP contribution in [0.15, 0.2) is 24.3 Å². The molecular weight excluding hydrogens is 226 g/mol. The zero-order valence-electron chi connectivity index (χ0n) is 11.0. The average Bonchev–Trinajstić information content (AvgIpc) is 3.11. The number of nitrogens with one attached hydrogen (secondary N) is 3. The third kappa shape index (κ3) is 4.37. The van der Waals surface area contributed by atoms with Gasteiger partial charge in [-0.25, -0.2) is 4.79 Å². The SMILES string of the molecule is CC(C)NC(=O)Nc1ccc(CNC2CC2)cc1. The largest absolute Gasteiger partial charge is 0.336 e. The molecule has 0 spiro atoms. The number of anilines is 1. The smallest absolute Gasteiger partial charge is 0.319 e. The van der Waals surface area contributed by atoms with E-state index in [9.17, 15) is 4.79 Å². The molecule has 0 heterocycles. The molecule has 4 heteroatoms. The van der Waals surface area contributed by atoms with Crippen LogP contribution in [0.5, 0.6) is 0 Å². The Morgan fingerprint density at radius 1 is 1.28 bits per heavy atom. The summed E-state index contributed by atoms with van der Waals surface area (Å²) in [5.41, 5.74) is 2.07. The summed E-state index contributed by atoms with van der Waals surface area (Å²) >= 11 is 0. The minimum absolute atomic E-state index is 0.145. The second-order valence-corrected chi connectivity index (χ2v) is 5.11. The molecule has 0 unspecified atom stereocenters. The summed E-state index contributed by atoms with van der Waals surface area (Å²) in [6, 6.07) is 8.66. The minimum atomic E-state index is -0.158. The Bertz CT molecular complexity index is 396. The van der Waals surface area contributed by atoms with Gasteiger partial charge in [-0.05, 0) is 44.4 Å². The molecule has 18 heavy (non-hydrogen) atoms. The lowest BCUT2D eigenvalue weighted by Crippen LogP contribution is -2.34. The van der Waals surface area contributed by atoms with Crippen molar-refractivity contribution >= 4 is 11.7 Å². The van der Waals surface area contributed by atoms with Gasteiger partial charge in [0, 0.05) is 24.3 Å². The van der Waals surface area contributed by atoms with Crippen LogP contribution in [0.4, 0.5) is 10.5 Å². The summed E-state index contributed by atoms with van der Waals surface area (Å²) < 4.78 is 0. The lowest BCUT2D eigenvalue weighted by molar-refractivity contribution is 0.250. The highest BCUT2D eigenvalue weighted by Gasteiger charge is 2.19. The van der Waals surface area contributed by atoms with Crippen molar-refractivity contribution in [3.05, 3.63) is 29.8 Å². The number of hydrogen-bond donors (Lipinski definition) is 3. The Morgan fingerprint density at radius 2 is 1.94 bits per heavy atom. The predicted octanol–water partition coefficient (Wildman–Crippen LogP) is 2.47. The average molecular weight is 247 g/mol. The molecule has 0 saturated heterocycles. The maximum Gasteiger partial charge on any atom is 0.319 e. The first kappa shape index (κ1) is 12.9. The second kappa shape index (κ2) is 5.87. The topological polar surface area (TPSA) is 53.2 Å². The molecule has 1 saturated carbocycles. The van der Waals surface area contributed by atoms with Crippen molar-refractivity contribution in [2.24, 2.45) is 0 Å². The fourth-order valence-electron chi connectivity index (χ4n) is 1.68. The van der Waals surface area contributed by atoms with Gasteiger partial charge in [-0.15, -0.1) is 0 Å². The van der Waals surface area contributed by atoms with Crippen LogP contribution in [-0.4, -0.2) is 18.1 Å². The summed E-state index contributed by atoms with van der Waals surface area (Å²) in [4.78, 5) is 11.5. The molecule has 3 N–H and O–H groups in total. The van der Waals surface area contributed by atoms with Crippen LogP contribution < -0.4 is 16.0 Å². The van der Waals surface area contributed by atoms with E-state index >= 15 is 0 Å². The van der Waals surface area contributed by atoms with Gasteiger partial charge in [0.15, 0.2) is 0 Å². The highest BCUT2D eigenvalue weighted by Crippen LogP contribution is 2.19. The van der Waals surface area contributed by atoms with Crippen LogP contribution in [0, 0.1) is 0 Å². The molecule has 1 aliphatic carbocycles. The maximum absolute atomic E-state index is 11.5. The van der Waals surface area contributed by atoms with Crippen LogP contribution in [0.25, 0.3) is 0 Å². The van der Waals surface area contributed by atoms with E-state index in [2.05, 4.69) is 16.0 Å². The van der Waals surface area contributed by atoms with Crippen LogP contribution >= 0.6 is 0 Å². The molecule has 98 valence electrons. The van der Waals surface area contributed by atoms with Crippen LogP contribution in [0.3, 0.4) is 0 Å². The lowest BCUT2D eigenvalue weighted by Gasteiger charge is -2.10. The van der Waals surface area contributed by atoms with Crippen LogP contribution in [0.1, 0.15) is 32.3 Å². The van der Waals surface area contributed by atoms with Gasteiger partial charge in [-0.1, -0.05) is 12.1 Å². The monoisotopic (exact) mass is 247 g/mol. The van der Waals surface area contributed by atoms with E-state index in [0.29, 0.717) is 0 Å². The van der Waals surface area contributed by atoms with Crippen LogP contribution in [-0.2, 0) is 6.54 Å². The van der Waals surface area contributed by atoms with Crippen molar-refractivity contribution in [1.29, 1.82) is 0 Å². The summed E-state index contributed by atoms with van der Waals surface area (Å²) in [7, 11) is 0. The highest BCUT2D eigenvalue weighted by atomic mass is 16.2. The predicted molar refractivity (Wildman–Crippen MR) is 73.6 cm³/mol. The van der Waals surface area contributed by atoms with E-state index < -0.39 is 0 Å². The first-order valence-corrected chi connectivity index (χ1v) is 6.53. The molecule has 1 aliphatic rings. The van der Waals surface area contributed by atoms with Gasteiger partial charge in [0.05, 0.1) is 0 Å². The van der Waals surface area contributed by atoms with Crippen molar-refractivity contribution < 1.29 is 4.79 Å². The molecule has 0 aromatic heterocycles. The van der Waals surface area contributed by atoms with Crippen molar-refractivity contribution in [3.8, 4) is 0 Å². The first-order chi connectivity index (χ1) is 8.63. The molecule has 1 aromatic carbocycles. The minimum Gasteiger partial charge on any atom is -0.336 e. The Hall–Kier alpha value is -1.55. The second-order valence-electron chi connectivity index (χ2n) is 5.11. The summed E-state index contributed by atoms with van der Waals surface area (Å²) in [6.45, 7) is 4.78. The third-order valence-electron chi connectivity index (χ3n) is 2.80. The Balaban J connectivity index is 1.80. The van der Waals surface area contributed by atoms with Gasteiger partial charge < -0.3 is 16.0 Å². The molecule has 0 radical (unpaired) electrons. The fourth-order valence-corrected chi connectivity index (χ4v) is 1.68. The van der Waals surface area contributed by atoms with Crippen molar-refractivity contribution in [1.82, 2.24) is 10.6 Å². The number of amides is 2. The molecule has 4 nitrogen and oxygen atoms in total. The Labute approximate surface area is 108 Å². The van der Waals surface area contributed by atoms with Crippen LogP contribution in [0.2, 0.25) is 0 Å². The quantitative estimate of drug-likeness (QED) is 0.748. The molecule has 0 atom stereocenters. The van der Waals surface area contributed by atoms with E-state index in [1.54, 1.807) is 0 Å². The van der Waals surface area contributed by atoms with E-state index in [1.807, 2.05) is 38.1 Å². The maximum atomic E-state index is 11.5. The van der Waals surface area contributed by atoms with E-state index in [0.717, 1.165) is 18.3 Å². The zero-order valence-corrected chi connectivity index (χ0v) is 11.0. The molecule has 2 rings (SSSR count). The molecule has 1 aromatic rings. The summed E-state index contributed by atoms with van der Waals surface area (Å²) in [5.74, 6) is 0. The van der Waals surface area contributed by atoms with E-state index in [-0.39, 0.29) is 12.1 Å². The molecular formula is C14H21N3O. The fraction of sp³-hybridized carbons (Fsp3) is 0.500. The van der Waals surface area contributed by atoms with Gasteiger partial charge in [0.1, 0.15) is 0 Å². The number of hydrogen-bond acceptors (Lipinski definition) is 2. The molecule has 1 fully saturated rings. The van der Waals surface area contributed by atoms with E-state index in [4.69, 9.17) is 0 Å². The van der Waals surface area contributed by atoms with Crippen molar-refractivity contribution in [3.63, 3.8) is 0 Å². The third-order valence-corrected chi connectivity index (χ3v) is 2.80. The summed E-state index contributed by atoms with van der Waals surface area (Å²) in [6.07, 6.45) is 2.60. The van der Waals surface area contributed by atoms with Gasteiger partial charge in [0.2, 0.25) is 0 Å². The lowest BCUT2D eigenvalue weighted by atomic mass is 10.2. The van der Waals surface area contributed by atoms with Gasteiger partial charge >= 0.3 is 6.03 Å². The molecule has 2 amide bonds. The van der Waals surface area contributed by atoms with Gasteiger partial charge in [0.25, 0.3) is 0 Å². The number of benzene rings is 1.